The average molecular weight is 1740 g/mol. The van der Waals surface area contributed by atoms with E-state index in [2.05, 4.69) is 153 Å². The number of esters is 3. The summed E-state index contributed by atoms with van der Waals surface area (Å²) in [7, 11) is 0. The molecule has 0 heterocycles. The van der Waals surface area contributed by atoms with E-state index in [1.165, 1.54) is 290 Å². The van der Waals surface area contributed by atoms with Crippen LogP contribution in [0.3, 0.4) is 0 Å². The van der Waals surface area contributed by atoms with Gasteiger partial charge in [-0.1, -0.05) is 280 Å². The molecule has 0 spiro atoms. The standard InChI is InChI=1S/C27H40O2.C26H33F.C26H34.C21H30O2.C21H36O2/c1-19-3-7-21(8-4-19)23-11-13-25(14-12-23)27(28)29-26-17-15-24(16-18-26)22-9-5-20(2)6-10-22;1-18-3-7-20(8-4-18)21-11-13-23(14-12-21)25-16-15-24(17-26(25)27)22-9-5-19(2)6-10-22;1-19-3-7-21(8-4-19)23-11-15-25(16-12-23)26-17-13-24(14-18-26)22-9-5-20(2)6-10-22;1-15-3-7-17(8-4-15)18-9-11-19(12-10-18)21(22)23-20-13-5-16(2)6-14-20;1-15-3-7-17(8-4-15)18-11-13-20(14-12-18)23-21(22)19-9-5-16(2)6-10-19/h15-23,25H,3-14H2,1-2H3;11-20,22H,3-10H2,1-2H3;11-22H,3-10H2,1-2H3;5-6,13-15,17-19H,3-4,7-12H2,1-2H3;15-20H,3-14H2,1-2H3. The first-order valence-corrected chi connectivity index (χ1v) is 54.0. The predicted molar refractivity (Wildman–Crippen MR) is 532 cm³/mol. The average Bonchev–Trinajstić information content (AvgIpc) is 0.822. The second-order valence-electron chi connectivity index (χ2n) is 45.8. The summed E-state index contributed by atoms with van der Waals surface area (Å²) in [4.78, 5) is 37.4. The van der Waals surface area contributed by atoms with E-state index in [4.69, 9.17) is 14.2 Å². The minimum atomic E-state index is -0.0645. The first-order chi connectivity index (χ1) is 62.1. The minimum absolute atomic E-state index is 0.0000393. The van der Waals surface area contributed by atoms with Crippen molar-refractivity contribution in [1.29, 1.82) is 0 Å². The van der Waals surface area contributed by atoms with E-state index in [1.807, 2.05) is 49.4 Å². The van der Waals surface area contributed by atoms with E-state index in [9.17, 15) is 18.8 Å². The van der Waals surface area contributed by atoms with Crippen LogP contribution in [-0.4, -0.2) is 24.0 Å². The van der Waals surface area contributed by atoms with Crippen LogP contribution in [-0.2, 0) is 19.1 Å². The Morgan fingerprint density at radius 3 is 0.750 bits per heavy atom. The van der Waals surface area contributed by atoms with Gasteiger partial charge in [-0.3, -0.25) is 14.4 Å². The summed E-state index contributed by atoms with van der Waals surface area (Å²) >= 11 is 0. The number of carbonyl (C=O) groups excluding carboxylic acids is 3. The predicted octanol–water partition coefficient (Wildman–Crippen LogP) is 34.8. The van der Waals surface area contributed by atoms with E-state index < -0.39 is 0 Å². The van der Waals surface area contributed by atoms with Crippen molar-refractivity contribution < 1.29 is 33.0 Å². The highest BCUT2D eigenvalue weighted by molar-refractivity contribution is 5.76. The van der Waals surface area contributed by atoms with E-state index in [1.54, 1.807) is 17.2 Å². The van der Waals surface area contributed by atoms with Crippen LogP contribution in [0.25, 0.3) is 22.3 Å². The smallest absolute Gasteiger partial charge is 0.314 e. The van der Waals surface area contributed by atoms with Crippen molar-refractivity contribution in [2.75, 3.05) is 0 Å². The summed E-state index contributed by atoms with van der Waals surface area (Å²) in [6, 6.07) is 49.7. The van der Waals surface area contributed by atoms with Crippen LogP contribution in [0.4, 0.5) is 4.39 Å². The third-order valence-electron chi connectivity index (χ3n) is 35.9. The number of rotatable bonds is 16. The van der Waals surface area contributed by atoms with Gasteiger partial charge in [-0.2, -0.15) is 0 Å². The van der Waals surface area contributed by atoms with Gasteiger partial charge in [0.05, 0.1) is 17.8 Å². The maximum Gasteiger partial charge on any atom is 0.314 e. The Morgan fingerprint density at radius 2 is 0.453 bits per heavy atom. The van der Waals surface area contributed by atoms with E-state index >= 15 is 0 Å². The SMILES string of the molecule is CC1CCC(C(=O)OC2CCC(C3CCC(C)CC3)CC2)CC1.CC1CCC(c2ccc(-c3ccc(C4CCC(C)CC4)cc3)cc2)CC1.CC1CCC(c2ccc(-c3ccc(C4CCC(C)CC4)cc3F)cc2)CC1.CC1CCC(c2ccc(OC(=O)C3CCC(C4CCC(C)CC4)CC3)cc2)CC1.Cc1ccc(OC(=O)C2CCC(C3CCC(C)CC3)CC2)cc1. The van der Waals surface area contributed by atoms with Gasteiger partial charge >= 0.3 is 17.9 Å². The van der Waals surface area contributed by atoms with Crippen LogP contribution in [0.2, 0.25) is 0 Å². The van der Waals surface area contributed by atoms with Gasteiger partial charge in [0, 0.05) is 5.56 Å². The van der Waals surface area contributed by atoms with Gasteiger partial charge in [-0.25, -0.2) is 4.39 Å². The van der Waals surface area contributed by atoms with Gasteiger partial charge in [0.25, 0.3) is 0 Å². The summed E-state index contributed by atoms with van der Waals surface area (Å²) in [5.41, 5.74) is 12.8. The van der Waals surface area contributed by atoms with Crippen LogP contribution in [0.15, 0.2) is 140 Å². The third-order valence-corrected chi connectivity index (χ3v) is 35.9. The minimum Gasteiger partial charge on any atom is -0.462 e. The second-order valence-corrected chi connectivity index (χ2v) is 45.8. The molecule has 0 amide bonds. The molecule has 12 aliphatic rings. The Kier molecular flexibility index (Phi) is 37.4. The lowest BCUT2D eigenvalue weighted by molar-refractivity contribution is -0.157. The number of hydrogen-bond acceptors (Lipinski definition) is 6. The van der Waals surface area contributed by atoms with Gasteiger partial charge in [0.1, 0.15) is 23.4 Å². The molecule has 700 valence electrons. The molecule has 6 aromatic rings. The first-order valence-electron chi connectivity index (χ1n) is 54.0. The van der Waals surface area contributed by atoms with Crippen LogP contribution in [0.5, 0.6) is 11.5 Å². The second kappa shape index (κ2) is 49.1. The zero-order valence-electron chi connectivity index (χ0n) is 81.9. The van der Waals surface area contributed by atoms with Crippen molar-refractivity contribution in [3.63, 3.8) is 0 Å². The van der Waals surface area contributed by atoms with Gasteiger partial charge < -0.3 is 14.2 Å². The highest BCUT2D eigenvalue weighted by Gasteiger charge is 2.38. The van der Waals surface area contributed by atoms with Crippen LogP contribution < -0.4 is 9.47 Å². The van der Waals surface area contributed by atoms with Gasteiger partial charge in [0.2, 0.25) is 0 Å². The molecule has 128 heavy (non-hydrogen) atoms. The molecule has 12 aliphatic carbocycles. The van der Waals surface area contributed by atoms with Crippen molar-refractivity contribution in [1.82, 2.24) is 0 Å². The Labute approximate surface area is 778 Å². The lowest BCUT2D eigenvalue weighted by Crippen LogP contribution is -2.32. The zero-order valence-corrected chi connectivity index (χ0v) is 81.9. The summed E-state index contributed by atoms with van der Waals surface area (Å²) in [6.45, 7) is 23.4. The van der Waals surface area contributed by atoms with Gasteiger partial charge in [-0.05, 0) is 406 Å². The maximum absolute atomic E-state index is 14.9. The first kappa shape index (κ1) is 97.7. The summed E-state index contributed by atoms with van der Waals surface area (Å²) in [5.74, 6) is 18.8. The number of aryl methyl sites for hydroxylation is 1. The fourth-order valence-electron chi connectivity index (χ4n) is 26.0. The Balaban J connectivity index is 0.000000130. The fourth-order valence-corrected chi connectivity index (χ4v) is 26.0. The number of carbonyl (C=O) groups is 3. The normalized spacial score (nSPS) is 33.4. The molecule has 0 radical (unpaired) electrons. The molecule has 0 aliphatic heterocycles. The maximum atomic E-state index is 14.9. The molecule has 0 N–H and O–H groups in total. The van der Waals surface area contributed by atoms with Crippen molar-refractivity contribution in [2.45, 2.75) is 413 Å². The molecule has 18 rings (SSSR count). The molecular weight excluding hydrogens is 1570 g/mol. The molecule has 6 nitrogen and oxygen atoms in total. The quantitative estimate of drug-likeness (QED) is 0.0710. The Bertz CT molecular complexity index is 4130. The molecule has 6 aromatic carbocycles. The van der Waals surface area contributed by atoms with Crippen molar-refractivity contribution >= 4 is 17.9 Å². The largest absolute Gasteiger partial charge is 0.462 e. The lowest BCUT2D eigenvalue weighted by Gasteiger charge is -2.37. The monoisotopic (exact) mass is 1740 g/mol. The van der Waals surface area contributed by atoms with E-state index in [-0.39, 0.29) is 47.6 Å². The molecule has 0 saturated heterocycles. The summed E-state index contributed by atoms with van der Waals surface area (Å²) < 4.78 is 32.1. The van der Waals surface area contributed by atoms with Crippen molar-refractivity contribution in [2.24, 2.45) is 107 Å². The molecule has 0 unspecified atom stereocenters. The number of hydrogen-bond donors (Lipinski definition) is 0. The Hall–Kier alpha value is -6.34. The highest BCUT2D eigenvalue weighted by Crippen LogP contribution is 2.48. The molecular formula is C121H173FO6. The molecule has 7 heteroatoms. The van der Waals surface area contributed by atoms with Gasteiger partial charge in [-0.15, -0.1) is 0 Å². The molecule has 0 aromatic heterocycles. The molecule has 12 saturated carbocycles. The summed E-state index contributed by atoms with van der Waals surface area (Å²) in [6.07, 6.45) is 62.0. The number of halogens is 1. The van der Waals surface area contributed by atoms with E-state index in [0.717, 1.165) is 169 Å². The highest BCUT2D eigenvalue weighted by atomic mass is 19.1. The number of ether oxygens (including phenoxy) is 3. The molecule has 0 bridgehead atoms. The van der Waals surface area contributed by atoms with E-state index in [0.29, 0.717) is 23.5 Å². The Morgan fingerprint density at radius 1 is 0.234 bits per heavy atom. The van der Waals surface area contributed by atoms with Crippen molar-refractivity contribution in [3.05, 3.63) is 179 Å². The lowest BCUT2D eigenvalue weighted by atomic mass is 9.69. The van der Waals surface area contributed by atoms with Crippen LogP contribution in [0.1, 0.15) is 433 Å². The number of benzene rings is 6. The molecule has 12 fully saturated rings. The van der Waals surface area contributed by atoms with Gasteiger partial charge in [0.15, 0.2) is 0 Å². The topological polar surface area (TPSA) is 78.9 Å². The van der Waals surface area contributed by atoms with Crippen LogP contribution in [0, 0.1) is 119 Å². The fraction of sp³-hybridized carbons (Fsp3) is 0.678. The third kappa shape index (κ3) is 29.1. The zero-order chi connectivity index (χ0) is 89.4. The molecule has 0 atom stereocenters. The van der Waals surface area contributed by atoms with Crippen LogP contribution >= 0.6 is 0 Å². The van der Waals surface area contributed by atoms with Crippen molar-refractivity contribution in [3.8, 4) is 33.8 Å². The summed E-state index contributed by atoms with van der Waals surface area (Å²) in [5, 5.41) is 0.